The maximum Gasteiger partial charge on any atom is 0.0310 e. The molecule has 0 aromatic rings. The molecule has 1 saturated carbocycles. The molecule has 0 amide bonds. The summed E-state index contributed by atoms with van der Waals surface area (Å²) in [6, 6.07) is 0.295. The van der Waals surface area contributed by atoms with E-state index in [1.807, 2.05) is 0 Å². The van der Waals surface area contributed by atoms with Crippen LogP contribution in [0.15, 0.2) is 0 Å². The Labute approximate surface area is 61.4 Å². The van der Waals surface area contributed by atoms with Gasteiger partial charge in [0.25, 0.3) is 0 Å². The molecule has 0 radical (unpaired) electrons. The van der Waals surface area contributed by atoms with Gasteiger partial charge in [0.15, 0.2) is 0 Å². The Bertz CT molecular complexity index is 87.1. The Morgan fingerprint density at radius 2 is 1.89 bits per heavy atom. The number of hydrogen-bond donors (Lipinski definition) is 3. The Kier molecular flexibility index (Phi) is 2.38. The molecule has 9 heavy (non-hydrogen) atoms. The molecule has 0 aliphatic heterocycles. The van der Waals surface area contributed by atoms with Crippen molar-refractivity contribution in [2.24, 2.45) is 11.5 Å². The fraction of sp³-hybridized carbons (Fsp3) is 1.00. The Balaban J connectivity index is 2.41. The Hall–Kier alpha value is 0.270. The zero-order valence-corrected chi connectivity index (χ0v) is 6.35. The van der Waals surface area contributed by atoms with E-state index in [0.29, 0.717) is 5.25 Å². The molecule has 3 heteroatoms. The van der Waals surface area contributed by atoms with Crippen molar-refractivity contribution in [3.05, 3.63) is 0 Å². The molecular formula is C6H14N2S. The molecule has 2 nitrogen and oxygen atoms in total. The lowest BCUT2D eigenvalue weighted by Crippen LogP contribution is -2.49. The van der Waals surface area contributed by atoms with E-state index in [1.165, 1.54) is 6.42 Å². The molecule has 0 aromatic heterocycles. The first-order valence-electron chi connectivity index (χ1n) is 3.41. The summed E-state index contributed by atoms with van der Waals surface area (Å²) < 4.78 is 0. The highest BCUT2D eigenvalue weighted by Gasteiger charge is 2.24. The third-order valence-electron chi connectivity index (χ3n) is 1.98. The summed E-state index contributed by atoms with van der Waals surface area (Å²) >= 11 is 4.31. The number of hydrogen-bond acceptors (Lipinski definition) is 3. The first kappa shape index (κ1) is 7.38. The summed E-state index contributed by atoms with van der Waals surface area (Å²) in [6.45, 7) is 0. The minimum absolute atomic E-state index is 0.113. The molecule has 0 aromatic carbocycles. The van der Waals surface area contributed by atoms with Gasteiger partial charge in [-0.3, -0.25) is 0 Å². The zero-order valence-electron chi connectivity index (χ0n) is 5.46. The largest absolute Gasteiger partial charge is 0.326 e. The quantitative estimate of drug-likeness (QED) is 0.425. The second-order valence-corrected chi connectivity index (χ2v) is 3.40. The van der Waals surface area contributed by atoms with Crippen LogP contribution in [0.1, 0.15) is 19.3 Å². The lowest BCUT2D eigenvalue weighted by molar-refractivity contribution is 0.396. The van der Waals surface area contributed by atoms with Gasteiger partial charge >= 0.3 is 0 Å². The van der Waals surface area contributed by atoms with Gasteiger partial charge in [-0.1, -0.05) is 6.42 Å². The van der Waals surface area contributed by atoms with Gasteiger partial charge in [-0.25, -0.2) is 0 Å². The highest BCUT2D eigenvalue weighted by Crippen LogP contribution is 2.20. The predicted octanol–water partition coefficient (Wildman–Crippen LogP) is 0.123. The molecular weight excluding hydrogens is 132 g/mol. The number of rotatable bonds is 0. The third kappa shape index (κ3) is 1.60. The Morgan fingerprint density at radius 1 is 1.22 bits per heavy atom. The van der Waals surface area contributed by atoms with Gasteiger partial charge in [0.05, 0.1) is 0 Å². The van der Waals surface area contributed by atoms with Crippen LogP contribution in [-0.2, 0) is 0 Å². The highest BCUT2D eigenvalue weighted by atomic mass is 32.1. The van der Waals surface area contributed by atoms with Crippen molar-refractivity contribution in [2.45, 2.75) is 36.6 Å². The van der Waals surface area contributed by atoms with Crippen LogP contribution in [0.5, 0.6) is 0 Å². The van der Waals surface area contributed by atoms with Crippen LogP contribution in [-0.4, -0.2) is 17.3 Å². The molecule has 1 rings (SSSR count). The topological polar surface area (TPSA) is 52.0 Å². The summed E-state index contributed by atoms with van der Waals surface area (Å²) in [5.74, 6) is 0. The summed E-state index contributed by atoms with van der Waals surface area (Å²) in [5, 5.41) is 0.328. The van der Waals surface area contributed by atoms with Gasteiger partial charge in [0, 0.05) is 17.3 Å². The molecule has 0 spiro atoms. The van der Waals surface area contributed by atoms with Gasteiger partial charge in [0.2, 0.25) is 0 Å². The van der Waals surface area contributed by atoms with Crippen LogP contribution in [0.4, 0.5) is 0 Å². The molecule has 0 bridgehead atoms. The van der Waals surface area contributed by atoms with Gasteiger partial charge in [-0.05, 0) is 12.8 Å². The average molecular weight is 146 g/mol. The molecule has 54 valence electrons. The number of nitrogens with two attached hydrogens (primary N) is 2. The van der Waals surface area contributed by atoms with Crippen molar-refractivity contribution in [1.29, 1.82) is 0 Å². The van der Waals surface area contributed by atoms with Gasteiger partial charge < -0.3 is 11.5 Å². The van der Waals surface area contributed by atoms with Crippen LogP contribution in [0.25, 0.3) is 0 Å². The molecule has 1 aliphatic rings. The number of thiol groups is 1. The van der Waals surface area contributed by atoms with Crippen LogP contribution in [0.3, 0.4) is 0 Å². The lowest BCUT2D eigenvalue weighted by atomic mass is 9.91. The summed E-state index contributed by atoms with van der Waals surface area (Å²) in [6.07, 6.45) is 3.37. The normalized spacial score (nSPS) is 45.0. The molecule has 3 unspecified atom stereocenters. The average Bonchev–Trinajstić information content (AvgIpc) is 1.83. The van der Waals surface area contributed by atoms with E-state index in [1.54, 1.807) is 0 Å². The Morgan fingerprint density at radius 3 is 2.33 bits per heavy atom. The predicted molar refractivity (Wildman–Crippen MR) is 42.6 cm³/mol. The second-order valence-electron chi connectivity index (χ2n) is 2.74. The minimum atomic E-state index is 0.113. The van der Waals surface area contributed by atoms with E-state index >= 15 is 0 Å². The van der Waals surface area contributed by atoms with Crippen LogP contribution in [0, 0.1) is 0 Å². The monoisotopic (exact) mass is 146 g/mol. The molecule has 4 N–H and O–H groups in total. The zero-order chi connectivity index (χ0) is 6.85. The SMILES string of the molecule is NC1CCCC(S)C1N. The standard InChI is InChI=1S/C6H14N2S/c7-4-2-1-3-5(9)6(4)8/h4-6,9H,1-3,7-8H2. The van der Waals surface area contributed by atoms with E-state index in [9.17, 15) is 0 Å². The van der Waals surface area contributed by atoms with Gasteiger partial charge in [-0.15, -0.1) is 0 Å². The fourth-order valence-electron chi connectivity index (χ4n) is 1.23. The molecule has 3 atom stereocenters. The smallest absolute Gasteiger partial charge is 0.0310 e. The van der Waals surface area contributed by atoms with Crippen molar-refractivity contribution >= 4 is 12.6 Å². The summed E-state index contributed by atoms with van der Waals surface area (Å²) in [5.41, 5.74) is 11.4. The van der Waals surface area contributed by atoms with Crippen LogP contribution < -0.4 is 11.5 Å². The first-order valence-corrected chi connectivity index (χ1v) is 3.92. The van der Waals surface area contributed by atoms with Crippen molar-refractivity contribution in [3.63, 3.8) is 0 Å². The first-order chi connectivity index (χ1) is 4.22. The summed E-state index contributed by atoms with van der Waals surface area (Å²) in [7, 11) is 0. The maximum atomic E-state index is 5.72. The highest BCUT2D eigenvalue weighted by molar-refractivity contribution is 7.81. The lowest BCUT2D eigenvalue weighted by Gasteiger charge is -2.30. The van der Waals surface area contributed by atoms with E-state index in [2.05, 4.69) is 12.6 Å². The van der Waals surface area contributed by atoms with Crippen LogP contribution >= 0.6 is 12.6 Å². The third-order valence-corrected chi connectivity index (χ3v) is 2.58. The second kappa shape index (κ2) is 2.90. The van der Waals surface area contributed by atoms with Gasteiger partial charge in [0.1, 0.15) is 0 Å². The maximum absolute atomic E-state index is 5.72. The van der Waals surface area contributed by atoms with Crippen molar-refractivity contribution in [1.82, 2.24) is 0 Å². The van der Waals surface area contributed by atoms with E-state index in [0.717, 1.165) is 12.8 Å². The van der Waals surface area contributed by atoms with Crippen molar-refractivity contribution in [2.75, 3.05) is 0 Å². The minimum Gasteiger partial charge on any atom is -0.326 e. The molecule has 0 heterocycles. The van der Waals surface area contributed by atoms with E-state index < -0.39 is 0 Å². The molecule has 1 fully saturated rings. The van der Waals surface area contributed by atoms with E-state index in [-0.39, 0.29) is 12.1 Å². The van der Waals surface area contributed by atoms with Crippen LogP contribution in [0.2, 0.25) is 0 Å². The van der Waals surface area contributed by atoms with Crippen molar-refractivity contribution in [3.8, 4) is 0 Å². The molecule has 1 aliphatic carbocycles. The summed E-state index contributed by atoms with van der Waals surface area (Å²) in [4.78, 5) is 0. The molecule has 0 saturated heterocycles. The van der Waals surface area contributed by atoms with Crippen molar-refractivity contribution < 1.29 is 0 Å². The van der Waals surface area contributed by atoms with Gasteiger partial charge in [-0.2, -0.15) is 12.6 Å². The fourth-order valence-corrected chi connectivity index (χ4v) is 1.64. The van der Waals surface area contributed by atoms with E-state index in [4.69, 9.17) is 11.5 Å².